The monoisotopic (exact) mass is 465 g/mol. The number of carbonyl (C=O) groups is 1. The summed E-state index contributed by atoms with van der Waals surface area (Å²) in [6.07, 6.45) is 1.35. The molecule has 0 fully saturated rings. The van der Waals surface area contributed by atoms with Gasteiger partial charge in [-0.2, -0.15) is 0 Å². The lowest BCUT2D eigenvalue weighted by Gasteiger charge is -2.13. The van der Waals surface area contributed by atoms with Gasteiger partial charge in [-0.25, -0.2) is 23.5 Å². The fraction of sp³-hybridized carbons (Fsp3) is 0.240. The Morgan fingerprint density at radius 3 is 2.59 bits per heavy atom. The first-order chi connectivity index (χ1) is 16.3. The number of aromatic carboxylic acids is 1. The van der Waals surface area contributed by atoms with Crippen LogP contribution in [0.15, 0.2) is 42.7 Å². The summed E-state index contributed by atoms with van der Waals surface area (Å²) in [5.74, 6) is -1.93. The molecule has 0 bridgehead atoms. The fourth-order valence-corrected chi connectivity index (χ4v) is 4.10. The molecule has 2 aromatic carbocycles. The van der Waals surface area contributed by atoms with E-state index in [1.807, 2.05) is 24.5 Å². The van der Waals surface area contributed by atoms with Gasteiger partial charge in [-0.05, 0) is 50.6 Å². The normalized spacial score (nSPS) is 11.1. The topological polar surface area (TPSA) is 92.1 Å². The van der Waals surface area contributed by atoms with Crippen LogP contribution in [0.5, 0.6) is 0 Å². The Kier molecular flexibility index (Phi) is 6.45. The van der Waals surface area contributed by atoms with Gasteiger partial charge in [0.2, 0.25) is 0 Å². The highest BCUT2D eigenvalue weighted by molar-refractivity contribution is 5.95. The average Bonchev–Trinajstić information content (AvgIpc) is 3.13. The first kappa shape index (κ1) is 23.2. The van der Waals surface area contributed by atoms with Crippen LogP contribution in [0.2, 0.25) is 0 Å². The number of rotatable bonds is 8. The number of aryl methyl sites for hydroxylation is 2. The second-order valence-electron chi connectivity index (χ2n) is 8.00. The zero-order valence-corrected chi connectivity index (χ0v) is 19.1. The zero-order chi connectivity index (χ0) is 24.4. The van der Waals surface area contributed by atoms with E-state index >= 15 is 0 Å². The number of nitrogens with one attached hydrogen (secondary N) is 2. The molecule has 0 saturated carbocycles. The van der Waals surface area contributed by atoms with Gasteiger partial charge in [0.25, 0.3) is 0 Å². The molecule has 0 aliphatic carbocycles. The van der Waals surface area contributed by atoms with Crippen LogP contribution in [0.4, 0.5) is 20.3 Å². The maximum absolute atomic E-state index is 14.5. The molecule has 0 aliphatic rings. The largest absolute Gasteiger partial charge is 0.478 e. The van der Waals surface area contributed by atoms with Crippen molar-refractivity contribution in [1.29, 1.82) is 0 Å². The summed E-state index contributed by atoms with van der Waals surface area (Å²) in [4.78, 5) is 19.9. The number of carboxylic acids is 1. The number of benzene rings is 2. The quantitative estimate of drug-likeness (QED) is 0.330. The summed E-state index contributed by atoms with van der Waals surface area (Å²) in [6, 6.07) is 9.60. The third-order valence-electron chi connectivity index (χ3n) is 5.71. The number of anilines is 2. The van der Waals surface area contributed by atoms with E-state index in [4.69, 9.17) is 0 Å². The molecular weight excluding hydrogens is 440 g/mol. The Balaban J connectivity index is 1.56. The van der Waals surface area contributed by atoms with Crippen LogP contribution in [-0.2, 0) is 6.54 Å². The van der Waals surface area contributed by atoms with Crippen LogP contribution in [0.3, 0.4) is 0 Å². The molecule has 9 heteroatoms. The number of aromatic nitrogens is 3. The molecule has 0 unspecified atom stereocenters. The van der Waals surface area contributed by atoms with Crippen LogP contribution in [0, 0.1) is 25.5 Å². The summed E-state index contributed by atoms with van der Waals surface area (Å²) in [6.45, 7) is 7.13. The fourth-order valence-electron chi connectivity index (χ4n) is 4.10. The Morgan fingerprint density at radius 1 is 1.06 bits per heavy atom. The Hall–Kier alpha value is -4.01. The molecule has 3 N–H and O–H groups in total. The van der Waals surface area contributed by atoms with Gasteiger partial charge >= 0.3 is 5.97 Å². The van der Waals surface area contributed by atoms with Gasteiger partial charge in [-0.15, -0.1) is 0 Å². The minimum Gasteiger partial charge on any atom is -0.478 e. The van der Waals surface area contributed by atoms with Crippen LogP contribution in [-0.4, -0.2) is 38.7 Å². The SMILES string of the molecule is CCNc1cc(-c2cc(NCCn3c(C)cc4c(C)ccc(F)c43)ncn2)cc(F)c1C(=O)O. The Morgan fingerprint density at radius 2 is 1.85 bits per heavy atom. The number of carboxylic acid groups (broad SMARTS) is 1. The molecule has 2 aromatic heterocycles. The highest BCUT2D eigenvalue weighted by atomic mass is 19.1. The highest BCUT2D eigenvalue weighted by Gasteiger charge is 2.18. The Bertz CT molecular complexity index is 1380. The van der Waals surface area contributed by atoms with Gasteiger partial charge in [0.05, 0.1) is 16.9 Å². The van der Waals surface area contributed by atoms with Crippen molar-refractivity contribution >= 4 is 28.4 Å². The second kappa shape index (κ2) is 9.46. The van der Waals surface area contributed by atoms with Crippen molar-refractivity contribution in [3.05, 3.63) is 71.2 Å². The molecule has 4 aromatic rings. The standard InChI is InChI=1S/C25H25F2N5O2/c1-4-28-21-11-16(10-19(27)23(21)25(33)34)20-12-22(31-13-30-20)29-7-8-32-15(3)9-17-14(2)5-6-18(26)24(17)32/h5-6,9-13,28H,4,7-8H2,1-3H3,(H,33,34)(H,29,30,31). The van der Waals surface area contributed by atoms with Gasteiger partial charge in [0.1, 0.15) is 29.3 Å². The molecule has 34 heavy (non-hydrogen) atoms. The lowest BCUT2D eigenvalue weighted by Crippen LogP contribution is -2.13. The van der Waals surface area contributed by atoms with Crippen molar-refractivity contribution < 1.29 is 18.7 Å². The molecule has 2 heterocycles. The van der Waals surface area contributed by atoms with Crippen molar-refractivity contribution in [2.45, 2.75) is 27.3 Å². The third-order valence-corrected chi connectivity index (χ3v) is 5.71. The summed E-state index contributed by atoms with van der Waals surface area (Å²) >= 11 is 0. The molecule has 7 nitrogen and oxygen atoms in total. The molecule has 0 spiro atoms. The first-order valence-electron chi connectivity index (χ1n) is 10.9. The maximum atomic E-state index is 14.5. The van der Waals surface area contributed by atoms with Crippen molar-refractivity contribution in [1.82, 2.24) is 14.5 Å². The van der Waals surface area contributed by atoms with Gasteiger partial charge in [0.15, 0.2) is 0 Å². The van der Waals surface area contributed by atoms with E-state index in [0.717, 1.165) is 22.7 Å². The predicted octanol–water partition coefficient (Wildman–Crippen LogP) is 5.24. The highest BCUT2D eigenvalue weighted by Crippen LogP contribution is 2.29. The second-order valence-corrected chi connectivity index (χ2v) is 8.00. The van der Waals surface area contributed by atoms with Crippen LogP contribution < -0.4 is 10.6 Å². The summed E-state index contributed by atoms with van der Waals surface area (Å²) in [5, 5.41) is 16.3. The van der Waals surface area contributed by atoms with Crippen LogP contribution in [0.25, 0.3) is 22.2 Å². The van der Waals surface area contributed by atoms with Crippen molar-refractivity contribution in [2.75, 3.05) is 23.7 Å². The molecule has 176 valence electrons. The van der Waals surface area contributed by atoms with E-state index in [0.29, 0.717) is 42.2 Å². The van der Waals surface area contributed by atoms with E-state index in [1.165, 1.54) is 12.4 Å². The summed E-state index contributed by atoms with van der Waals surface area (Å²) in [7, 11) is 0. The lowest BCUT2D eigenvalue weighted by molar-refractivity contribution is 0.0693. The number of hydrogen-bond acceptors (Lipinski definition) is 5. The van der Waals surface area contributed by atoms with Crippen LogP contribution in [0.1, 0.15) is 28.5 Å². The molecular formula is C25H25F2N5O2. The average molecular weight is 466 g/mol. The molecule has 0 saturated heterocycles. The van der Waals surface area contributed by atoms with Gasteiger partial charge < -0.3 is 20.3 Å². The predicted molar refractivity (Wildman–Crippen MR) is 128 cm³/mol. The van der Waals surface area contributed by atoms with Crippen molar-refractivity contribution in [2.24, 2.45) is 0 Å². The number of hydrogen-bond donors (Lipinski definition) is 3. The van der Waals surface area contributed by atoms with Gasteiger partial charge in [0, 0.05) is 42.3 Å². The van der Waals surface area contributed by atoms with Crippen LogP contribution >= 0.6 is 0 Å². The van der Waals surface area contributed by atoms with Crippen molar-refractivity contribution in [3.8, 4) is 11.3 Å². The van der Waals surface area contributed by atoms with E-state index < -0.39 is 17.3 Å². The smallest absolute Gasteiger partial charge is 0.340 e. The molecule has 0 atom stereocenters. The molecule has 0 amide bonds. The number of fused-ring (bicyclic) bond motifs is 1. The maximum Gasteiger partial charge on any atom is 0.340 e. The van der Waals surface area contributed by atoms with E-state index in [2.05, 4.69) is 20.6 Å². The summed E-state index contributed by atoms with van der Waals surface area (Å²) in [5.41, 5.74) is 3.20. The van der Waals surface area contributed by atoms with E-state index in [1.54, 1.807) is 25.1 Å². The third kappa shape index (κ3) is 4.41. The molecule has 4 rings (SSSR count). The van der Waals surface area contributed by atoms with Gasteiger partial charge in [-0.3, -0.25) is 0 Å². The zero-order valence-electron chi connectivity index (χ0n) is 19.1. The van der Waals surface area contributed by atoms with E-state index in [9.17, 15) is 18.7 Å². The number of nitrogens with zero attached hydrogens (tertiary/aromatic N) is 3. The summed E-state index contributed by atoms with van der Waals surface area (Å²) < 4.78 is 31.0. The lowest BCUT2D eigenvalue weighted by atomic mass is 10.1. The molecule has 0 aliphatic heterocycles. The Labute approximate surface area is 195 Å². The molecule has 0 radical (unpaired) electrons. The van der Waals surface area contributed by atoms with Gasteiger partial charge in [-0.1, -0.05) is 6.07 Å². The van der Waals surface area contributed by atoms with Crippen molar-refractivity contribution in [3.63, 3.8) is 0 Å². The minimum absolute atomic E-state index is 0.186. The number of halogens is 2. The minimum atomic E-state index is -1.34. The first-order valence-corrected chi connectivity index (χ1v) is 10.9. The van der Waals surface area contributed by atoms with E-state index in [-0.39, 0.29) is 11.5 Å².